The summed E-state index contributed by atoms with van der Waals surface area (Å²) in [5.74, 6) is 0. The molecule has 1 aliphatic rings. The van der Waals surface area contributed by atoms with Gasteiger partial charge >= 0.3 is 0 Å². The van der Waals surface area contributed by atoms with Gasteiger partial charge in [-0.3, -0.25) is 4.90 Å². The van der Waals surface area contributed by atoms with Crippen LogP contribution in [0.5, 0.6) is 0 Å². The van der Waals surface area contributed by atoms with E-state index in [1.165, 1.54) is 25.5 Å². The minimum atomic E-state index is 0.464. The summed E-state index contributed by atoms with van der Waals surface area (Å²) in [4.78, 5) is 12.1. The van der Waals surface area contributed by atoms with E-state index in [0.29, 0.717) is 12.6 Å². The second-order valence-corrected chi connectivity index (χ2v) is 5.93. The van der Waals surface area contributed by atoms with Crippen molar-refractivity contribution in [2.75, 3.05) is 27.4 Å². The van der Waals surface area contributed by atoms with Crippen LogP contribution in [-0.2, 0) is 27.7 Å². The molecule has 0 aromatic heterocycles. The molecule has 0 amide bonds. The van der Waals surface area contributed by atoms with Gasteiger partial charge < -0.3 is 4.74 Å². The highest BCUT2D eigenvalue weighted by Gasteiger charge is 2.24. The van der Waals surface area contributed by atoms with Crippen LogP contribution < -0.4 is 0 Å². The zero-order valence-corrected chi connectivity index (χ0v) is 13.7. The molecule has 0 spiro atoms. The van der Waals surface area contributed by atoms with Crippen LogP contribution in [0.1, 0.15) is 24.0 Å². The van der Waals surface area contributed by atoms with Crippen molar-refractivity contribution in [1.82, 2.24) is 4.90 Å². The van der Waals surface area contributed by atoms with E-state index in [9.17, 15) is 0 Å². The number of rotatable bonds is 7. The Morgan fingerprint density at radius 3 is 2.90 bits per heavy atom. The average molecular weight is 344 g/mol. The maximum absolute atomic E-state index is 5.30. The summed E-state index contributed by atoms with van der Waals surface area (Å²) in [5.41, 5.74) is 2.39. The number of benzene rings is 1. The molecule has 1 heterocycles. The van der Waals surface area contributed by atoms with Gasteiger partial charge in [-0.05, 0) is 36.6 Å². The molecule has 20 heavy (non-hydrogen) atoms. The normalized spacial score (nSPS) is 19.6. The molecule has 1 aliphatic heterocycles. The van der Waals surface area contributed by atoms with Gasteiger partial charge in [0.05, 0.1) is 13.7 Å². The lowest BCUT2D eigenvalue weighted by atomic mass is 10.1. The van der Waals surface area contributed by atoms with E-state index in [0.717, 1.165) is 29.7 Å². The monoisotopic (exact) mass is 343 g/mol. The zero-order chi connectivity index (χ0) is 14.4. The fourth-order valence-corrected chi connectivity index (χ4v) is 3.19. The summed E-state index contributed by atoms with van der Waals surface area (Å²) < 4.78 is 6.43. The van der Waals surface area contributed by atoms with Crippen LogP contribution in [0, 0.1) is 0 Å². The Morgan fingerprint density at radius 1 is 1.35 bits per heavy atom. The predicted molar refractivity (Wildman–Crippen MR) is 81.2 cm³/mol. The Morgan fingerprint density at radius 2 is 2.20 bits per heavy atom. The first-order valence-electron chi connectivity index (χ1n) is 6.90. The third-order valence-electron chi connectivity index (χ3n) is 3.69. The molecular weight excluding hydrogens is 322 g/mol. The van der Waals surface area contributed by atoms with Crippen LogP contribution in [0.25, 0.3) is 0 Å². The van der Waals surface area contributed by atoms with Crippen molar-refractivity contribution in [3.63, 3.8) is 0 Å². The van der Waals surface area contributed by atoms with Gasteiger partial charge in [-0.1, -0.05) is 28.1 Å². The van der Waals surface area contributed by atoms with Gasteiger partial charge in [0.1, 0.15) is 6.61 Å². The summed E-state index contributed by atoms with van der Waals surface area (Å²) in [6.45, 7) is 3.39. The van der Waals surface area contributed by atoms with Crippen LogP contribution >= 0.6 is 15.9 Å². The number of nitrogens with zero attached hydrogens (tertiary/aromatic N) is 1. The van der Waals surface area contributed by atoms with E-state index in [2.05, 4.69) is 43.9 Å². The summed E-state index contributed by atoms with van der Waals surface area (Å²) in [5, 5.41) is 0. The van der Waals surface area contributed by atoms with Crippen LogP contribution in [0.4, 0.5) is 0 Å². The largest absolute Gasteiger partial charge is 0.383 e. The van der Waals surface area contributed by atoms with Crippen LogP contribution in [0.15, 0.2) is 22.7 Å². The van der Waals surface area contributed by atoms with Gasteiger partial charge in [0.15, 0.2) is 0 Å². The van der Waals surface area contributed by atoms with E-state index in [1.807, 2.05) is 0 Å². The van der Waals surface area contributed by atoms with E-state index in [4.69, 9.17) is 9.62 Å². The molecule has 1 fully saturated rings. The Bertz CT molecular complexity index is 428. The lowest BCUT2D eigenvalue weighted by Gasteiger charge is -2.24. The molecule has 1 atom stereocenters. The number of hydrogen-bond acceptors (Lipinski definition) is 4. The topological polar surface area (TPSA) is 30.9 Å². The molecule has 0 N–H and O–H groups in total. The Labute approximate surface area is 129 Å². The van der Waals surface area contributed by atoms with Gasteiger partial charge in [-0.2, -0.15) is 0 Å². The second-order valence-electron chi connectivity index (χ2n) is 5.08. The van der Waals surface area contributed by atoms with Crippen LogP contribution in [0.3, 0.4) is 0 Å². The standard InChI is InChI=1S/C15H22BrNO3/c1-18-11-14-4-3-7-17(14)9-13-6-5-12(8-15(13)16)10-20-19-2/h5-6,8,14H,3-4,7,9-11H2,1-2H3/t14-/m0/s1. The molecule has 1 aromatic carbocycles. The Hall–Kier alpha value is -0.460. The lowest BCUT2D eigenvalue weighted by Crippen LogP contribution is -2.32. The van der Waals surface area contributed by atoms with Crippen molar-refractivity contribution >= 4 is 15.9 Å². The van der Waals surface area contributed by atoms with Gasteiger partial charge in [-0.15, -0.1) is 0 Å². The molecule has 1 saturated heterocycles. The first-order chi connectivity index (χ1) is 9.74. The van der Waals surface area contributed by atoms with E-state index in [1.54, 1.807) is 7.11 Å². The average Bonchev–Trinajstić information content (AvgIpc) is 2.87. The number of methoxy groups -OCH3 is 1. The minimum Gasteiger partial charge on any atom is -0.383 e. The Kier molecular flexibility index (Phi) is 6.45. The second kappa shape index (κ2) is 8.10. The molecule has 0 radical (unpaired) electrons. The quantitative estimate of drug-likeness (QED) is 0.562. The first kappa shape index (κ1) is 15.9. The first-order valence-corrected chi connectivity index (χ1v) is 7.69. The maximum Gasteiger partial charge on any atom is 0.107 e. The van der Waals surface area contributed by atoms with Gasteiger partial charge in [0.2, 0.25) is 0 Å². The fraction of sp³-hybridized carbons (Fsp3) is 0.600. The molecule has 0 bridgehead atoms. The summed E-state index contributed by atoms with van der Waals surface area (Å²) >= 11 is 3.65. The molecule has 4 nitrogen and oxygen atoms in total. The van der Waals surface area contributed by atoms with Crippen LogP contribution in [-0.4, -0.2) is 38.3 Å². The molecule has 112 valence electrons. The third-order valence-corrected chi connectivity index (χ3v) is 4.43. The minimum absolute atomic E-state index is 0.464. The van der Waals surface area contributed by atoms with Crippen molar-refractivity contribution in [2.45, 2.75) is 32.0 Å². The third kappa shape index (κ3) is 4.27. The SMILES string of the molecule is COC[C@@H]1CCCN1Cc1ccc(COOC)cc1Br. The number of hydrogen-bond donors (Lipinski definition) is 0. The number of likely N-dealkylation sites (tertiary alicyclic amines) is 1. The lowest BCUT2D eigenvalue weighted by molar-refractivity contribution is -0.282. The predicted octanol–water partition coefficient (Wildman–Crippen LogP) is 3.14. The van der Waals surface area contributed by atoms with Crippen molar-refractivity contribution in [3.8, 4) is 0 Å². The van der Waals surface area contributed by atoms with E-state index in [-0.39, 0.29) is 0 Å². The molecule has 0 aliphatic carbocycles. The van der Waals surface area contributed by atoms with Crippen molar-refractivity contribution in [3.05, 3.63) is 33.8 Å². The molecule has 1 aromatic rings. The Balaban J connectivity index is 1.98. The summed E-state index contributed by atoms with van der Waals surface area (Å²) in [7, 11) is 3.30. The van der Waals surface area contributed by atoms with Gasteiger partial charge in [0, 0.05) is 24.2 Å². The van der Waals surface area contributed by atoms with Crippen molar-refractivity contribution in [2.24, 2.45) is 0 Å². The molecule has 5 heteroatoms. The van der Waals surface area contributed by atoms with Gasteiger partial charge in [0.25, 0.3) is 0 Å². The van der Waals surface area contributed by atoms with Crippen molar-refractivity contribution < 1.29 is 14.5 Å². The van der Waals surface area contributed by atoms with E-state index < -0.39 is 0 Å². The molecular formula is C15H22BrNO3. The highest BCUT2D eigenvalue weighted by atomic mass is 79.9. The maximum atomic E-state index is 5.30. The van der Waals surface area contributed by atoms with Gasteiger partial charge in [-0.25, -0.2) is 9.78 Å². The molecule has 0 saturated carbocycles. The van der Waals surface area contributed by atoms with Crippen LogP contribution in [0.2, 0.25) is 0 Å². The highest BCUT2D eigenvalue weighted by Crippen LogP contribution is 2.25. The highest BCUT2D eigenvalue weighted by molar-refractivity contribution is 9.10. The molecule has 2 rings (SSSR count). The van der Waals surface area contributed by atoms with E-state index >= 15 is 0 Å². The molecule has 0 unspecified atom stereocenters. The smallest absolute Gasteiger partial charge is 0.107 e. The summed E-state index contributed by atoms with van der Waals surface area (Å²) in [6, 6.07) is 6.88. The fourth-order valence-electron chi connectivity index (χ4n) is 2.64. The van der Waals surface area contributed by atoms with Crippen molar-refractivity contribution in [1.29, 1.82) is 0 Å². The number of ether oxygens (including phenoxy) is 1. The zero-order valence-electron chi connectivity index (χ0n) is 12.1. The number of halogens is 1. The summed E-state index contributed by atoms with van der Waals surface area (Å²) in [6.07, 6.45) is 2.48.